The Hall–Kier alpha value is -0.160. The highest BCUT2D eigenvalue weighted by Crippen LogP contribution is 2.24. The molecule has 0 radical (unpaired) electrons. The predicted molar refractivity (Wildman–Crippen MR) is 63.4 cm³/mol. The molecule has 1 saturated heterocycles. The van der Waals surface area contributed by atoms with E-state index in [1.807, 2.05) is 34.6 Å². The van der Waals surface area contributed by atoms with E-state index in [1.165, 1.54) is 0 Å². The van der Waals surface area contributed by atoms with E-state index < -0.39 is 0 Å². The SMILES string of the molecule is CC(C)OC[C@H]1O[C@@H](C)C(N)[C@H]1OC(C)C. The van der Waals surface area contributed by atoms with Gasteiger partial charge < -0.3 is 19.9 Å². The first-order valence-electron chi connectivity index (χ1n) is 6.10. The van der Waals surface area contributed by atoms with E-state index in [-0.39, 0.29) is 36.6 Å². The van der Waals surface area contributed by atoms with Crippen LogP contribution in [0.3, 0.4) is 0 Å². The molecule has 4 heteroatoms. The smallest absolute Gasteiger partial charge is 0.109 e. The Morgan fingerprint density at radius 1 is 1.19 bits per heavy atom. The second-order valence-electron chi connectivity index (χ2n) is 4.99. The molecule has 2 N–H and O–H groups in total. The molecule has 0 spiro atoms. The van der Waals surface area contributed by atoms with Crippen molar-refractivity contribution in [3.63, 3.8) is 0 Å². The number of nitrogens with two attached hydrogens (primary N) is 1. The van der Waals surface area contributed by atoms with Crippen LogP contribution in [-0.2, 0) is 14.2 Å². The molecule has 1 rings (SSSR count). The molecule has 96 valence electrons. The lowest BCUT2D eigenvalue weighted by Gasteiger charge is -2.24. The zero-order valence-electron chi connectivity index (χ0n) is 11.0. The third-order valence-electron chi connectivity index (χ3n) is 2.70. The summed E-state index contributed by atoms with van der Waals surface area (Å²) in [6, 6.07) is -0.0665. The van der Waals surface area contributed by atoms with E-state index in [1.54, 1.807) is 0 Å². The van der Waals surface area contributed by atoms with Gasteiger partial charge in [0.05, 0.1) is 31.0 Å². The van der Waals surface area contributed by atoms with E-state index in [0.717, 1.165) is 0 Å². The molecule has 1 unspecified atom stereocenters. The number of hydrogen-bond acceptors (Lipinski definition) is 4. The van der Waals surface area contributed by atoms with Gasteiger partial charge in [-0.2, -0.15) is 0 Å². The van der Waals surface area contributed by atoms with Crippen molar-refractivity contribution in [3.05, 3.63) is 0 Å². The van der Waals surface area contributed by atoms with Crippen LogP contribution in [0.5, 0.6) is 0 Å². The predicted octanol–water partition coefficient (Wildman–Crippen LogP) is 1.32. The number of hydrogen-bond donors (Lipinski definition) is 1. The summed E-state index contributed by atoms with van der Waals surface area (Å²) in [5, 5.41) is 0. The lowest BCUT2D eigenvalue weighted by molar-refractivity contribution is -0.0860. The lowest BCUT2D eigenvalue weighted by atomic mass is 10.1. The summed E-state index contributed by atoms with van der Waals surface area (Å²) < 4.78 is 17.1. The fraction of sp³-hybridized carbons (Fsp3) is 1.00. The van der Waals surface area contributed by atoms with Crippen molar-refractivity contribution in [2.75, 3.05) is 6.61 Å². The van der Waals surface area contributed by atoms with Gasteiger partial charge in [0.25, 0.3) is 0 Å². The van der Waals surface area contributed by atoms with Crippen molar-refractivity contribution >= 4 is 0 Å². The first-order chi connectivity index (χ1) is 7.41. The topological polar surface area (TPSA) is 53.7 Å². The Morgan fingerprint density at radius 2 is 1.81 bits per heavy atom. The first-order valence-corrected chi connectivity index (χ1v) is 6.10. The Morgan fingerprint density at radius 3 is 2.31 bits per heavy atom. The summed E-state index contributed by atoms with van der Waals surface area (Å²) in [5.41, 5.74) is 6.06. The number of ether oxygens (including phenoxy) is 3. The zero-order chi connectivity index (χ0) is 12.3. The van der Waals surface area contributed by atoms with Crippen molar-refractivity contribution in [2.24, 2.45) is 5.73 Å². The van der Waals surface area contributed by atoms with Crippen molar-refractivity contribution in [3.8, 4) is 0 Å². The third-order valence-corrected chi connectivity index (χ3v) is 2.70. The zero-order valence-corrected chi connectivity index (χ0v) is 11.0. The minimum atomic E-state index is -0.0665. The van der Waals surface area contributed by atoms with Gasteiger partial charge in [-0.25, -0.2) is 0 Å². The van der Waals surface area contributed by atoms with Gasteiger partial charge in [-0.1, -0.05) is 0 Å². The summed E-state index contributed by atoms with van der Waals surface area (Å²) in [6.45, 7) is 10.6. The fourth-order valence-corrected chi connectivity index (χ4v) is 1.87. The summed E-state index contributed by atoms with van der Waals surface area (Å²) in [5.74, 6) is 0. The van der Waals surface area contributed by atoms with Gasteiger partial charge in [-0.3, -0.25) is 0 Å². The van der Waals surface area contributed by atoms with Gasteiger partial charge in [0.2, 0.25) is 0 Å². The minimum Gasteiger partial charge on any atom is -0.376 e. The average molecular weight is 231 g/mol. The largest absolute Gasteiger partial charge is 0.376 e. The highest BCUT2D eigenvalue weighted by molar-refractivity contribution is 4.93. The van der Waals surface area contributed by atoms with Gasteiger partial charge in [0.1, 0.15) is 12.2 Å². The molecule has 1 fully saturated rings. The second-order valence-corrected chi connectivity index (χ2v) is 4.99. The molecule has 4 atom stereocenters. The second kappa shape index (κ2) is 5.96. The van der Waals surface area contributed by atoms with Gasteiger partial charge in [0, 0.05) is 0 Å². The number of rotatable bonds is 5. The lowest BCUT2D eigenvalue weighted by Crippen LogP contribution is -2.44. The minimum absolute atomic E-state index is 0.0320. The molecule has 0 aliphatic carbocycles. The molecular formula is C12H25NO3. The van der Waals surface area contributed by atoms with E-state index in [0.29, 0.717) is 6.61 Å². The highest BCUT2D eigenvalue weighted by Gasteiger charge is 2.41. The maximum absolute atomic E-state index is 6.06. The van der Waals surface area contributed by atoms with Crippen LogP contribution >= 0.6 is 0 Å². The van der Waals surface area contributed by atoms with Crippen molar-refractivity contribution in [1.29, 1.82) is 0 Å². The third kappa shape index (κ3) is 3.70. The van der Waals surface area contributed by atoms with Crippen LogP contribution in [0.2, 0.25) is 0 Å². The fourth-order valence-electron chi connectivity index (χ4n) is 1.87. The van der Waals surface area contributed by atoms with Crippen LogP contribution in [0.25, 0.3) is 0 Å². The molecule has 0 aromatic carbocycles. The van der Waals surface area contributed by atoms with E-state index in [2.05, 4.69) is 0 Å². The molecule has 0 amide bonds. The van der Waals surface area contributed by atoms with E-state index >= 15 is 0 Å². The Kier molecular flexibility index (Phi) is 5.18. The van der Waals surface area contributed by atoms with Crippen LogP contribution in [0, 0.1) is 0 Å². The van der Waals surface area contributed by atoms with Gasteiger partial charge in [-0.15, -0.1) is 0 Å². The standard InChI is InChI=1S/C12H25NO3/c1-7(2)14-6-10-12(15-8(3)4)11(13)9(5)16-10/h7-12H,6,13H2,1-5H3/t9-,10+,11?,12-/m0/s1. The molecule has 0 bridgehead atoms. The summed E-state index contributed by atoms with van der Waals surface area (Å²) in [4.78, 5) is 0. The highest BCUT2D eigenvalue weighted by atomic mass is 16.6. The molecule has 4 nitrogen and oxygen atoms in total. The maximum Gasteiger partial charge on any atom is 0.109 e. The monoisotopic (exact) mass is 231 g/mol. The van der Waals surface area contributed by atoms with Gasteiger partial charge in [-0.05, 0) is 34.6 Å². The summed E-state index contributed by atoms with van der Waals surface area (Å²) in [7, 11) is 0. The van der Waals surface area contributed by atoms with E-state index in [4.69, 9.17) is 19.9 Å². The van der Waals surface area contributed by atoms with Crippen molar-refractivity contribution in [1.82, 2.24) is 0 Å². The molecule has 0 aromatic heterocycles. The van der Waals surface area contributed by atoms with Crippen LogP contribution in [0.1, 0.15) is 34.6 Å². The molecule has 1 heterocycles. The maximum atomic E-state index is 6.06. The quantitative estimate of drug-likeness (QED) is 0.775. The average Bonchev–Trinajstić information content (AvgIpc) is 2.42. The van der Waals surface area contributed by atoms with Crippen LogP contribution in [-0.4, -0.2) is 43.2 Å². The van der Waals surface area contributed by atoms with Crippen molar-refractivity contribution in [2.45, 2.75) is 71.2 Å². The molecule has 1 aliphatic rings. The molecule has 0 saturated carbocycles. The summed E-state index contributed by atoms with van der Waals surface area (Å²) >= 11 is 0. The van der Waals surface area contributed by atoms with E-state index in [9.17, 15) is 0 Å². The molecular weight excluding hydrogens is 206 g/mol. The summed E-state index contributed by atoms with van der Waals surface area (Å²) in [6.07, 6.45) is 0.287. The molecule has 1 aliphatic heterocycles. The van der Waals surface area contributed by atoms with Gasteiger partial charge in [0.15, 0.2) is 0 Å². The van der Waals surface area contributed by atoms with Crippen LogP contribution in [0.15, 0.2) is 0 Å². The normalized spacial score (nSPS) is 35.2. The Labute approximate surface area is 98.4 Å². The van der Waals surface area contributed by atoms with Gasteiger partial charge >= 0.3 is 0 Å². The first kappa shape index (κ1) is 13.9. The van der Waals surface area contributed by atoms with Crippen LogP contribution < -0.4 is 5.73 Å². The van der Waals surface area contributed by atoms with Crippen LogP contribution in [0.4, 0.5) is 0 Å². The Balaban J connectivity index is 2.52. The molecule has 16 heavy (non-hydrogen) atoms. The van der Waals surface area contributed by atoms with Crippen molar-refractivity contribution < 1.29 is 14.2 Å². The molecule has 0 aromatic rings. The Bertz CT molecular complexity index is 208.